The van der Waals surface area contributed by atoms with Crippen LogP contribution in [0.25, 0.3) is 0 Å². The van der Waals surface area contributed by atoms with Crippen molar-refractivity contribution in [1.29, 1.82) is 0 Å². The van der Waals surface area contributed by atoms with Gasteiger partial charge in [0.05, 0.1) is 11.8 Å². The Labute approximate surface area is 136 Å². The van der Waals surface area contributed by atoms with Gasteiger partial charge >= 0.3 is 10.2 Å². The predicted octanol–water partition coefficient (Wildman–Crippen LogP) is 3.28. The summed E-state index contributed by atoms with van der Waals surface area (Å²) in [5.41, 5.74) is -0.449. The third kappa shape index (κ3) is 3.43. The monoisotopic (exact) mass is 367 g/mol. The van der Waals surface area contributed by atoms with E-state index in [9.17, 15) is 17.2 Å². The highest BCUT2D eigenvalue weighted by Gasteiger charge is 2.27. The van der Waals surface area contributed by atoms with Crippen LogP contribution in [0.2, 0.25) is 5.02 Å². The zero-order valence-electron chi connectivity index (χ0n) is 11.6. The van der Waals surface area contributed by atoms with E-state index < -0.39 is 22.2 Å². The maximum Gasteiger partial charge on any atom is 0.323 e. The summed E-state index contributed by atoms with van der Waals surface area (Å²) in [5.74, 6) is 0. The molecule has 0 aliphatic carbocycles. The zero-order valence-corrected chi connectivity index (χ0v) is 14.0. The molecule has 0 spiro atoms. The highest BCUT2D eigenvalue weighted by Crippen LogP contribution is 2.36. The fourth-order valence-electron chi connectivity index (χ4n) is 1.54. The first-order chi connectivity index (χ1) is 10.2. The summed E-state index contributed by atoms with van der Waals surface area (Å²) in [6.07, 6.45) is -1.98. The quantitative estimate of drug-likeness (QED) is 0.813. The standard InChI is InChI=1S/C12H12ClF2N3O2S2/c1-17(2)22(19,20)18-12(10(7-16-18)11(14)15)21-9-5-3-4-8(13)6-9/h3-7,11H,1-2H3. The third-order valence-corrected chi connectivity index (χ3v) is 5.73. The fourth-order valence-corrected chi connectivity index (χ4v) is 3.92. The summed E-state index contributed by atoms with van der Waals surface area (Å²) >= 11 is 6.72. The van der Waals surface area contributed by atoms with E-state index in [0.29, 0.717) is 14.0 Å². The summed E-state index contributed by atoms with van der Waals surface area (Å²) in [4.78, 5) is 0.533. The van der Waals surface area contributed by atoms with Crippen LogP contribution >= 0.6 is 23.4 Å². The van der Waals surface area contributed by atoms with Crippen LogP contribution in [0.15, 0.2) is 40.4 Å². The van der Waals surface area contributed by atoms with Crippen molar-refractivity contribution in [2.45, 2.75) is 16.3 Å². The van der Waals surface area contributed by atoms with Crippen molar-refractivity contribution >= 4 is 33.6 Å². The number of aromatic nitrogens is 2. The summed E-state index contributed by atoms with van der Waals surface area (Å²) in [5, 5.41) is 3.86. The SMILES string of the molecule is CN(C)S(=O)(=O)n1ncc(C(F)F)c1Sc1cccc(Cl)c1. The molecule has 0 unspecified atom stereocenters. The molecule has 0 saturated carbocycles. The van der Waals surface area contributed by atoms with E-state index in [-0.39, 0.29) is 5.03 Å². The molecule has 0 saturated heterocycles. The number of benzene rings is 1. The Morgan fingerprint density at radius 2 is 2.05 bits per heavy atom. The van der Waals surface area contributed by atoms with E-state index in [1.165, 1.54) is 14.1 Å². The van der Waals surface area contributed by atoms with Crippen molar-refractivity contribution in [1.82, 2.24) is 13.5 Å². The Hall–Kier alpha value is -1.16. The maximum absolute atomic E-state index is 13.1. The smallest absolute Gasteiger partial charge is 0.205 e. The second kappa shape index (κ2) is 6.53. The van der Waals surface area contributed by atoms with E-state index in [1.54, 1.807) is 24.3 Å². The summed E-state index contributed by atoms with van der Waals surface area (Å²) in [7, 11) is -1.40. The van der Waals surface area contributed by atoms with Gasteiger partial charge in [0, 0.05) is 24.0 Å². The van der Waals surface area contributed by atoms with Crippen molar-refractivity contribution in [2.75, 3.05) is 14.1 Å². The van der Waals surface area contributed by atoms with Gasteiger partial charge in [-0.3, -0.25) is 0 Å². The van der Waals surface area contributed by atoms with Gasteiger partial charge in [0.2, 0.25) is 0 Å². The Morgan fingerprint density at radius 1 is 1.36 bits per heavy atom. The van der Waals surface area contributed by atoms with Crippen molar-refractivity contribution < 1.29 is 17.2 Å². The molecule has 0 amide bonds. The zero-order chi connectivity index (χ0) is 16.5. The van der Waals surface area contributed by atoms with Crippen molar-refractivity contribution in [3.63, 3.8) is 0 Å². The van der Waals surface area contributed by atoms with E-state index in [4.69, 9.17) is 11.6 Å². The lowest BCUT2D eigenvalue weighted by Gasteiger charge is -2.14. The lowest BCUT2D eigenvalue weighted by Crippen LogP contribution is -2.30. The van der Waals surface area contributed by atoms with Crippen LogP contribution in [0.4, 0.5) is 8.78 Å². The average molecular weight is 368 g/mol. The molecule has 22 heavy (non-hydrogen) atoms. The summed E-state index contributed by atoms with van der Waals surface area (Å²) < 4.78 is 52.1. The maximum atomic E-state index is 13.1. The molecular weight excluding hydrogens is 356 g/mol. The van der Waals surface area contributed by atoms with Crippen molar-refractivity contribution in [3.8, 4) is 0 Å². The Balaban J connectivity index is 2.55. The Morgan fingerprint density at radius 3 is 2.59 bits per heavy atom. The predicted molar refractivity (Wildman–Crippen MR) is 80.8 cm³/mol. The van der Waals surface area contributed by atoms with Crippen LogP contribution in [-0.2, 0) is 10.2 Å². The molecule has 0 aliphatic heterocycles. The summed E-state index contributed by atoms with van der Waals surface area (Å²) in [6, 6.07) is 6.48. The Bertz CT molecular complexity index is 778. The molecule has 2 aromatic rings. The van der Waals surface area contributed by atoms with Gasteiger partial charge in [-0.2, -0.15) is 17.8 Å². The topological polar surface area (TPSA) is 55.2 Å². The van der Waals surface area contributed by atoms with Crippen LogP contribution in [0.5, 0.6) is 0 Å². The molecule has 0 N–H and O–H groups in total. The largest absolute Gasteiger partial charge is 0.323 e. The number of halogens is 3. The van der Waals surface area contributed by atoms with Gasteiger partial charge in [-0.15, -0.1) is 4.09 Å². The highest BCUT2D eigenvalue weighted by atomic mass is 35.5. The molecule has 0 bridgehead atoms. The minimum absolute atomic E-state index is 0.161. The number of rotatable bonds is 5. The number of hydrogen-bond acceptors (Lipinski definition) is 4. The first-order valence-electron chi connectivity index (χ1n) is 5.96. The van der Waals surface area contributed by atoms with Crippen LogP contribution in [0.1, 0.15) is 12.0 Å². The van der Waals surface area contributed by atoms with Gasteiger partial charge in [-0.1, -0.05) is 29.4 Å². The average Bonchev–Trinajstić information content (AvgIpc) is 2.83. The van der Waals surface area contributed by atoms with Gasteiger partial charge < -0.3 is 0 Å². The molecule has 5 nitrogen and oxygen atoms in total. The van der Waals surface area contributed by atoms with E-state index in [0.717, 1.165) is 22.3 Å². The second-order valence-electron chi connectivity index (χ2n) is 4.40. The minimum Gasteiger partial charge on any atom is -0.205 e. The third-order valence-electron chi connectivity index (χ3n) is 2.65. The molecule has 0 fully saturated rings. The molecule has 1 aromatic carbocycles. The van der Waals surface area contributed by atoms with Crippen molar-refractivity contribution in [2.24, 2.45) is 0 Å². The first-order valence-corrected chi connectivity index (χ1v) is 8.55. The Kier molecular flexibility index (Phi) is 5.10. The second-order valence-corrected chi connectivity index (χ2v) is 7.87. The van der Waals surface area contributed by atoms with Gasteiger partial charge in [0.1, 0.15) is 5.03 Å². The van der Waals surface area contributed by atoms with Crippen LogP contribution in [-0.4, -0.2) is 36.0 Å². The van der Waals surface area contributed by atoms with E-state index in [1.807, 2.05) is 0 Å². The molecule has 0 atom stereocenters. The van der Waals surface area contributed by atoms with Gasteiger partial charge in [0.25, 0.3) is 6.43 Å². The molecule has 120 valence electrons. The number of hydrogen-bond donors (Lipinski definition) is 0. The summed E-state index contributed by atoms with van der Waals surface area (Å²) in [6.45, 7) is 0. The molecule has 10 heteroatoms. The number of nitrogens with zero attached hydrogens (tertiary/aromatic N) is 3. The highest BCUT2D eigenvalue weighted by molar-refractivity contribution is 8.00. The van der Waals surface area contributed by atoms with E-state index >= 15 is 0 Å². The molecule has 2 rings (SSSR count). The lowest BCUT2D eigenvalue weighted by molar-refractivity contribution is 0.148. The molecule has 1 aromatic heterocycles. The molecule has 1 heterocycles. The fraction of sp³-hybridized carbons (Fsp3) is 0.250. The lowest BCUT2D eigenvalue weighted by atomic mass is 10.4. The molecule has 0 radical (unpaired) electrons. The van der Waals surface area contributed by atoms with E-state index in [2.05, 4.69) is 5.10 Å². The van der Waals surface area contributed by atoms with Crippen LogP contribution < -0.4 is 0 Å². The van der Waals surface area contributed by atoms with Gasteiger partial charge in [0.15, 0.2) is 0 Å². The van der Waals surface area contributed by atoms with Crippen LogP contribution in [0.3, 0.4) is 0 Å². The number of alkyl halides is 2. The van der Waals surface area contributed by atoms with Gasteiger partial charge in [-0.25, -0.2) is 8.78 Å². The molecular formula is C12H12ClF2N3O2S2. The molecule has 0 aliphatic rings. The minimum atomic E-state index is -4.00. The normalized spacial score (nSPS) is 12.3. The first kappa shape index (κ1) is 17.2. The van der Waals surface area contributed by atoms with Crippen molar-refractivity contribution in [3.05, 3.63) is 41.0 Å². The van der Waals surface area contributed by atoms with Crippen LogP contribution in [0, 0.1) is 0 Å². The van der Waals surface area contributed by atoms with Gasteiger partial charge in [-0.05, 0) is 18.2 Å².